The van der Waals surface area contributed by atoms with E-state index in [1.54, 1.807) is 19.9 Å². The van der Waals surface area contributed by atoms with Crippen molar-refractivity contribution in [2.75, 3.05) is 5.32 Å². The molecule has 0 aliphatic heterocycles. The molecule has 10 nitrogen and oxygen atoms in total. The van der Waals surface area contributed by atoms with E-state index in [2.05, 4.69) is 5.32 Å². The zero-order valence-corrected chi connectivity index (χ0v) is 17.8. The van der Waals surface area contributed by atoms with Gasteiger partial charge in [-0.25, -0.2) is 0 Å². The van der Waals surface area contributed by atoms with Crippen molar-refractivity contribution in [1.82, 2.24) is 0 Å². The van der Waals surface area contributed by atoms with Crippen molar-refractivity contribution in [2.24, 2.45) is 0 Å². The molecule has 1 N–H and O–H groups in total. The second-order valence-corrected chi connectivity index (χ2v) is 7.87. The number of hydrogen-bond donors (Lipinski definition) is 1. The van der Waals surface area contributed by atoms with E-state index in [-0.39, 0.29) is 12.1 Å². The van der Waals surface area contributed by atoms with Crippen LogP contribution >= 0.6 is 0 Å². The highest BCUT2D eigenvalue weighted by Crippen LogP contribution is 2.38. The molecule has 31 heavy (non-hydrogen) atoms. The van der Waals surface area contributed by atoms with Crippen LogP contribution in [0.1, 0.15) is 43.9 Å². The van der Waals surface area contributed by atoms with Gasteiger partial charge in [0.15, 0.2) is 0 Å². The lowest BCUT2D eigenvalue weighted by Gasteiger charge is -2.29. The quantitative estimate of drug-likeness (QED) is 0.298. The Morgan fingerprint density at radius 1 is 1.06 bits per heavy atom. The van der Waals surface area contributed by atoms with Crippen LogP contribution in [-0.4, -0.2) is 21.7 Å². The van der Waals surface area contributed by atoms with E-state index in [9.17, 15) is 29.8 Å². The van der Waals surface area contributed by atoms with Gasteiger partial charge in [0.25, 0.3) is 11.4 Å². The number of rotatable bonds is 7. The summed E-state index contributed by atoms with van der Waals surface area (Å²) in [5, 5.41) is 24.6. The smallest absolute Gasteiger partial charge is 0.308 e. The number of aryl methyl sites for hydroxylation is 2. The van der Waals surface area contributed by atoms with Crippen molar-refractivity contribution in [2.45, 2.75) is 46.5 Å². The summed E-state index contributed by atoms with van der Waals surface area (Å²) >= 11 is 0. The largest absolute Gasteiger partial charge is 0.426 e. The van der Waals surface area contributed by atoms with Gasteiger partial charge < -0.3 is 10.1 Å². The Kier molecular flexibility index (Phi) is 6.74. The molecule has 0 unspecified atom stereocenters. The van der Waals surface area contributed by atoms with Crippen LogP contribution in [0, 0.1) is 34.1 Å². The summed E-state index contributed by atoms with van der Waals surface area (Å²) in [6, 6.07) is 6.62. The van der Waals surface area contributed by atoms with E-state index in [1.165, 1.54) is 6.92 Å². The van der Waals surface area contributed by atoms with Gasteiger partial charge in [0.2, 0.25) is 5.91 Å². The number of amides is 1. The van der Waals surface area contributed by atoms with Gasteiger partial charge in [-0.15, -0.1) is 0 Å². The zero-order valence-electron chi connectivity index (χ0n) is 17.8. The van der Waals surface area contributed by atoms with Crippen LogP contribution in [-0.2, 0) is 15.0 Å². The zero-order chi connectivity index (χ0) is 23.5. The van der Waals surface area contributed by atoms with Crippen molar-refractivity contribution >= 4 is 28.9 Å². The lowest BCUT2D eigenvalue weighted by molar-refractivity contribution is -0.393. The van der Waals surface area contributed by atoms with Gasteiger partial charge in [-0.1, -0.05) is 19.9 Å². The summed E-state index contributed by atoms with van der Waals surface area (Å²) in [6.45, 7) is 8.57. The summed E-state index contributed by atoms with van der Waals surface area (Å²) < 4.78 is 5.36. The maximum atomic E-state index is 12.7. The van der Waals surface area contributed by atoms with Gasteiger partial charge in [0, 0.05) is 30.4 Å². The topological polar surface area (TPSA) is 142 Å². The van der Waals surface area contributed by atoms with Crippen molar-refractivity contribution < 1.29 is 24.2 Å². The third kappa shape index (κ3) is 5.62. The molecular weight excluding hydrogens is 406 g/mol. The average molecular weight is 429 g/mol. The number of nitro groups is 2. The predicted octanol–water partition coefficient (Wildman–Crippen LogP) is 4.35. The maximum absolute atomic E-state index is 12.7. The van der Waals surface area contributed by atoms with E-state index in [0.29, 0.717) is 11.3 Å². The van der Waals surface area contributed by atoms with E-state index < -0.39 is 38.5 Å². The lowest BCUT2D eigenvalue weighted by Crippen LogP contribution is -2.28. The third-order valence-corrected chi connectivity index (χ3v) is 4.64. The van der Waals surface area contributed by atoms with Crippen molar-refractivity contribution in [3.8, 4) is 5.75 Å². The summed E-state index contributed by atoms with van der Waals surface area (Å²) in [7, 11) is 0. The molecule has 0 fully saturated rings. The van der Waals surface area contributed by atoms with Crippen molar-refractivity contribution in [3.63, 3.8) is 0 Å². The SMILES string of the molecule is CC(=O)Oc1cc(C)cc(C)c1C(C)(C)CC(=O)Nc1ccc([N+](=O)[O-])cc1[N+](=O)[O-]. The molecule has 0 aromatic heterocycles. The minimum absolute atomic E-state index is 0.0840. The average Bonchev–Trinajstić information content (AvgIpc) is 2.59. The number of ether oxygens (including phenoxy) is 1. The fourth-order valence-corrected chi connectivity index (χ4v) is 3.61. The Labute approximate surface area is 178 Å². The molecule has 164 valence electrons. The molecular formula is C21H23N3O7. The maximum Gasteiger partial charge on any atom is 0.308 e. The van der Waals surface area contributed by atoms with Crippen LogP contribution in [0.4, 0.5) is 17.1 Å². The van der Waals surface area contributed by atoms with Gasteiger partial charge in [-0.05, 0) is 37.1 Å². The third-order valence-electron chi connectivity index (χ3n) is 4.64. The fourth-order valence-electron chi connectivity index (χ4n) is 3.61. The first-order chi connectivity index (χ1) is 14.3. The first-order valence-electron chi connectivity index (χ1n) is 9.34. The summed E-state index contributed by atoms with van der Waals surface area (Å²) in [6.07, 6.45) is -0.0840. The summed E-state index contributed by atoms with van der Waals surface area (Å²) in [5.74, 6) is -0.673. The van der Waals surface area contributed by atoms with Crippen LogP contribution in [0.15, 0.2) is 30.3 Å². The number of carbonyl (C=O) groups excluding carboxylic acids is 2. The molecule has 2 rings (SSSR count). The number of esters is 1. The lowest BCUT2D eigenvalue weighted by atomic mass is 9.78. The number of anilines is 1. The Morgan fingerprint density at radius 3 is 2.26 bits per heavy atom. The van der Waals surface area contributed by atoms with E-state index in [0.717, 1.165) is 29.3 Å². The number of carbonyl (C=O) groups is 2. The number of nitrogens with one attached hydrogen (secondary N) is 1. The van der Waals surface area contributed by atoms with E-state index >= 15 is 0 Å². The Balaban J connectivity index is 2.35. The van der Waals surface area contributed by atoms with Gasteiger partial charge in [-0.2, -0.15) is 0 Å². The fraction of sp³-hybridized carbons (Fsp3) is 0.333. The number of hydrogen-bond acceptors (Lipinski definition) is 7. The molecule has 0 atom stereocenters. The first-order valence-corrected chi connectivity index (χ1v) is 9.34. The van der Waals surface area contributed by atoms with E-state index in [1.807, 2.05) is 19.9 Å². The molecule has 0 radical (unpaired) electrons. The molecule has 1 amide bonds. The van der Waals surface area contributed by atoms with Crippen molar-refractivity contribution in [3.05, 3.63) is 67.3 Å². The highest BCUT2D eigenvalue weighted by atomic mass is 16.6. The van der Waals surface area contributed by atoms with Gasteiger partial charge in [-0.3, -0.25) is 29.8 Å². The number of nitro benzene ring substituents is 2. The Bertz CT molecular complexity index is 1080. The molecule has 0 bridgehead atoms. The normalized spacial score (nSPS) is 11.0. The molecule has 0 heterocycles. The van der Waals surface area contributed by atoms with Crippen LogP contribution in [0.5, 0.6) is 5.75 Å². The number of benzene rings is 2. The highest BCUT2D eigenvalue weighted by Gasteiger charge is 2.31. The number of non-ortho nitro benzene ring substituents is 1. The van der Waals surface area contributed by atoms with Gasteiger partial charge in [0.1, 0.15) is 11.4 Å². The van der Waals surface area contributed by atoms with Gasteiger partial charge in [0.05, 0.1) is 15.9 Å². The second-order valence-electron chi connectivity index (χ2n) is 7.87. The predicted molar refractivity (Wildman–Crippen MR) is 113 cm³/mol. The van der Waals surface area contributed by atoms with Crippen LogP contribution in [0.25, 0.3) is 0 Å². The van der Waals surface area contributed by atoms with Crippen molar-refractivity contribution in [1.29, 1.82) is 0 Å². The monoisotopic (exact) mass is 429 g/mol. The number of nitrogens with zero attached hydrogens (tertiary/aromatic N) is 2. The molecule has 0 aliphatic carbocycles. The second kappa shape index (κ2) is 8.90. The standard InChI is InChI=1S/C21H23N3O7/c1-12-8-13(2)20(18(9-12)31-14(3)25)21(4,5)11-19(26)22-16-7-6-15(23(27)28)10-17(16)24(29)30/h6-10H,11H2,1-5H3,(H,22,26). The minimum Gasteiger partial charge on any atom is -0.426 e. The molecule has 0 saturated carbocycles. The molecule has 0 aliphatic rings. The summed E-state index contributed by atoms with van der Waals surface area (Å²) in [5.41, 5.74) is 0.426. The van der Waals surface area contributed by atoms with Crippen LogP contribution in [0.2, 0.25) is 0 Å². The highest BCUT2D eigenvalue weighted by molar-refractivity contribution is 5.94. The Morgan fingerprint density at radius 2 is 1.71 bits per heavy atom. The molecule has 10 heteroatoms. The van der Waals surface area contributed by atoms with E-state index in [4.69, 9.17) is 4.74 Å². The molecule has 2 aromatic carbocycles. The molecule has 0 spiro atoms. The molecule has 0 saturated heterocycles. The minimum atomic E-state index is -0.795. The Hall–Kier alpha value is -3.82. The first kappa shape index (κ1) is 23.5. The van der Waals surface area contributed by atoms with Crippen LogP contribution < -0.4 is 10.1 Å². The summed E-state index contributed by atoms with van der Waals surface area (Å²) in [4.78, 5) is 44.9. The van der Waals surface area contributed by atoms with Gasteiger partial charge >= 0.3 is 5.97 Å². The molecule has 2 aromatic rings. The van der Waals surface area contributed by atoms with Crippen LogP contribution in [0.3, 0.4) is 0 Å².